The van der Waals surface area contributed by atoms with Crippen LogP contribution in [0.1, 0.15) is 5.56 Å². The second-order valence-electron chi connectivity index (χ2n) is 2.85. The molecule has 0 aliphatic rings. The molecule has 1 aromatic carbocycles. The van der Waals surface area contributed by atoms with Gasteiger partial charge >= 0.3 is 6.61 Å². The lowest BCUT2D eigenvalue weighted by Crippen LogP contribution is -2.12. The highest BCUT2D eigenvalue weighted by Gasteiger charge is 2.09. The molecule has 0 aliphatic carbocycles. The Bertz CT molecular complexity index is 371. The first-order valence-electron chi connectivity index (χ1n) is 4.05. The fraction of sp³-hybridized carbons (Fsp3) is 0.222. The predicted molar refractivity (Wildman–Crippen MR) is 53.7 cm³/mol. The molecule has 0 bridgehead atoms. The molecule has 15 heavy (non-hydrogen) atoms. The molecule has 0 spiro atoms. The first-order valence-corrected chi connectivity index (χ1v) is 4.43. The molecule has 0 unspecified atom stereocenters. The molecule has 0 radical (unpaired) electrons. The minimum Gasteiger partial charge on any atom is -0.433 e. The topological polar surface area (TPSA) is 59.1 Å². The standard InChI is InChI=1S/C9H9ClF2N2O/c10-6-3-5(4-8(13)14)1-2-7(6)15-9(11)12/h1-3,9H,4H2,(H3,13,14). The summed E-state index contributed by atoms with van der Waals surface area (Å²) in [4.78, 5) is 0. The molecule has 0 fully saturated rings. The lowest BCUT2D eigenvalue weighted by Gasteiger charge is -2.07. The largest absolute Gasteiger partial charge is 0.433 e. The van der Waals surface area contributed by atoms with Crippen molar-refractivity contribution in [2.24, 2.45) is 5.73 Å². The second kappa shape index (κ2) is 4.93. The van der Waals surface area contributed by atoms with Crippen LogP contribution >= 0.6 is 11.6 Å². The van der Waals surface area contributed by atoms with Crippen LogP contribution in [0.4, 0.5) is 8.78 Å². The van der Waals surface area contributed by atoms with E-state index in [2.05, 4.69) is 4.74 Å². The van der Waals surface area contributed by atoms with Crippen LogP contribution in [0.3, 0.4) is 0 Å². The van der Waals surface area contributed by atoms with E-state index in [0.29, 0.717) is 5.56 Å². The van der Waals surface area contributed by atoms with E-state index in [9.17, 15) is 8.78 Å². The summed E-state index contributed by atoms with van der Waals surface area (Å²) >= 11 is 5.69. The zero-order valence-corrected chi connectivity index (χ0v) is 8.39. The molecule has 0 atom stereocenters. The van der Waals surface area contributed by atoms with Crippen LogP contribution < -0.4 is 10.5 Å². The Morgan fingerprint density at radius 3 is 2.67 bits per heavy atom. The van der Waals surface area contributed by atoms with Gasteiger partial charge in [0.1, 0.15) is 5.75 Å². The number of rotatable bonds is 4. The molecule has 1 rings (SSSR count). The van der Waals surface area contributed by atoms with Crippen molar-refractivity contribution in [1.82, 2.24) is 0 Å². The molecule has 6 heteroatoms. The Kier molecular flexibility index (Phi) is 3.85. The van der Waals surface area contributed by atoms with Gasteiger partial charge in [0.2, 0.25) is 0 Å². The highest BCUT2D eigenvalue weighted by molar-refractivity contribution is 6.32. The first-order chi connectivity index (χ1) is 6.99. The van der Waals surface area contributed by atoms with E-state index in [1.54, 1.807) is 0 Å². The third-order valence-corrected chi connectivity index (χ3v) is 1.90. The third-order valence-electron chi connectivity index (χ3n) is 1.61. The van der Waals surface area contributed by atoms with Crippen molar-refractivity contribution in [3.63, 3.8) is 0 Å². The maximum absolute atomic E-state index is 11.9. The van der Waals surface area contributed by atoms with Crippen LogP contribution in [0.15, 0.2) is 18.2 Å². The Balaban J connectivity index is 2.83. The summed E-state index contributed by atoms with van der Waals surface area (Å²) in [6.45, 7) is -2.90. The maximum Gasteiger partial charge on any atom is 0.387 e. The van der Waals surface area contributed by atoms with Gasteiger partial charge in [0, 0.05) is 6.42 Å². The van der Waals surface area contributed by atoms with Crippen LogP contribution in [0.5, 0.6) is 5.75 Å². The summed E-state index contributed by atoms with van der Waals surface area (Å²) in [7, 11) is 0. The summed E-state index contributed by atoms with van der Waals surface area (Å²) in [6.07, 6.45) is 0.231. The SMILES string of the molecule is N=C(N)Cc1ccc(OC(F)F)c(Cl)c1. The minimum absolute atomic E-state index is 0.0198. The number of hydrogen-bond donors (Lipinski definition) is 2. The second-order valence-corrected chi connectivity index (χ2v) is 3.25. The fourth-order valence-corrected chi connectivity index (χ4v) is 1.31. The van der Waals surface area contributed by atoms with E-state index in [4.69, 9.17) is 22.7 Å². The normalized spacial score (nSPS) is 10.4. The third kappa shape index (κ3) is 3.71. The molecule has 0 heterocycles. The highest BCUT2D eigenvalue weighted by atomic mass is 35.5. The van der Waals surface area contributed by atoms with Crippen LogP contribution in [-0.4, -0.2) is 12.4 Å². The van der Waals surface area contributed by atoms with E-state index >= 15 is 0 Å². The van der Waals surface area contributed by atoms with Crippen LogP contribution in [0.2, 0.25) is 5.02 Å². The van der Waals surface area contributed by atoms with Crippen molar-refractivity contribution in [2.75, 3.05) is 0 Å². The molecule has 3 nitrogen and oxygen atoms in total. The molecule has 0 aliphatic heterocycles. The Morgan fingerprint density at radius 1 is 1.53 bits per heavy atom. The predicted octanol–water partition coefficient (Wildman–Crippen LogP) is 2.42. The minimum atomic E-state index is -2.90. The van der Waals surface area contributed by atoms with Crippen molar-refractivity contribution >= 4 is 17.4 Å². The Morgan fingerprint density at radius 2 is 2.20 bits per heavy atom. The Hall–Kier alpha value is -1.36. The molecule has 0 saturated heterocycles. The number of halogens is 3. The number of ether oxygens (including phenoxy) is 1. The first kappa shape index (κ1) is 11.7. The Labute approximate surface area is 90.3 Å². The average molecular weight is 235 g/mol. The number of hydrogen-bond acceptors (Lipinski definition) is 2. The van der Waals surface area contributed by atoms with Gasteiger partial charge in [0.25, 0.3) is 0 Å². The quantitative estimate of drug-likeness (QED) is 0.621. The maximum atomic E-state index is 11.9. The van der Waals surface area contributed by atoms with Gasteiger partial charge in [-0.15, -0.1) is 0 Å². The van der Waals surface area contributed by atoms with E-state index in [1.165, 1.54) is 18.2 Å². The summed E-state index contributed by atoms with van der Waals surface area (Å²) in [5, 5.41) is 7.13. The molecular formula is C9H9ClF2N2O. The van der Waals surface area contributed by atoms with E-state index in [0.717, 1.165) is 0 Å². The van der Waals surface area contributed by atoms with Crippen LogP contribution in [-0.2, 0) is 6.42 Å². The van der Waals surface area contributed by atoms with Crippen molar-refractivity contribution in [3.05, 3.63) is 28.8 Å². The lowest BCUT2D eigenvalue weighted by atomic mass is 10.1. The van der Waals surface area contributed by atoms with Crippen molar-refractivity contribution in [1.29, 1.82) is 5.41 Å². The summed E-state index contributed by atoms with van der Waals surface area (Å²) in [5.41, 5.74) is 5.86. The average Bonchev–Trinajstić information content (AvgIpc) is 2.08. The summed E-state index contributed by atoms with van der Waals surface area (Å²) < 4.78 is 27.9. The van der Waals surface area contributed by atoms with Gasteiger partial charge in [0.05, 0.1) is 10.9 Å². The van der Waals surface area contributed by atoms with Gasteiger partial charge < -0.3 is 10.5 Å². The molecule has 1 aromatic rings. The van der Waals surface area contributed by atoms with Crippen molar-refractivity contribution in [2.45, 2.75) is 13.0 Å². The number of nitrogens with one attached hydrogen (secondary N) is 1. The number of amidine groups is 1. The van der Waals surface area contributed by atoms with Crippen molar-refractivity contribution < 1.29 is 13.5 Å². The smallest absolute Gasteiger partial charge is 0.387 e. The fourth-order valence-electron chi connectivity index (χ4n) is 1.07. The molecule has 0 saturated carbocycles. The number of nitrogens with two attached hydrogens (primary N) is 1. The summed E-state index contributed by atoms with van der Waals surface area (Å²) in [5.74, 6) is -0.104. The number of alkyl halides is 2. The molecule has 0 amide bonds. The lowest BCUT2D eigenvalue weighted by molar-refractivity contribution is -0.0497. The zero-order valence-electron chi connectivity index (χ0n) is 7.64. The summed E-state index contributed by atoms with van der Waals surface area (Å²) in [6, 6.07) is 4.30. The van der Waals surface area contributed by atoms with Gasteiger partial charge in [-0.05, 0) is 17.7 Å². The monoisotopic (exact) mass is 234 g/mol. The van der Waals surface area contributed by atoms with Crippen LogP contribution in [0, 0.1) is 5.41 Å². The molecule has 3 N–H and O–H groups in total. The van der Waals surface area contributed by atoms with Gasteiger partial charge in [0.15, 0.2) is 0 Å². The van der Waals surface area contributed by atoms with E-state index in [-0.39, 0.29) is 23.0 Å². The molecule has 0 aromatic heterocycles. The number of benzene rings is 1. The van der Waals surface area contributed by atoms with E-state index < -0.39 is 6.61 Å². The van der Waals surface area contributed by atoms with Gasteiger partial charge in [-0.1, -0.05) is 17.7 Å². The van der Waals surface area contributed by atoms with Gasteiger partial charge in [-0.2, -0.15) is 8.78 Å². The zero-order chi connectivity index (χ0) is 11.4. The van der Waals surface area contributed by atoms with E-state index in [1.807, 2.05) is 0 Å². The molecular weight excluding hydrogens is 226 g/mol. The molecule has 82 valence electrons. The van der Waals surface area contributed by atoms with Crippen molar-refractivity contribution in [3.8, 4) is 5.75 Å². The van der Waals surface area contributed by atoms with Gasteiger partial charge in [-0.3, -0.25) is 5.41 Å². The van der Waals surface area contributed by atoms with Gasteiger partial charge in [-0.25, -0.2) is 0 Å². The highest BCUT2D eigenvalue weighted by Crippen LogP contribution is 2.26. The van der Waals surface area contributed by atoms with Crippen LogP contribution in [0.25, 0.3) is 0 Å².